The second-order valence-corrected chi connectivity index (χ2v) is 13.1. The van der Waals surface area contributed by atoms with E-state index in [4.69, 9.17) is 14.2 Å². The van der Waals surface area contributed by atoms with Crippen LogP contribution in [0.15, 0.2) is 48.1 Å². The topological polar surface area (TPSA) is 135 Å². The summed E-state index contributed by atoms with van der Waals surface area (Å²) in [5, 5.41) is 24.8. The average Bonchev–Trinajstić information content (AvgIpc) is 3.39. The van der Waals surface area contributed by atoms with Crippen molar-refractivity contribution in [1.29, 1.82) is 0 Å². The van der Waals surface area contributed by atoms with Crippen LogP contribution in [0.3, 0.4) is 0 Å². The molecule has 7 unspecified atom stereocenters. The first kappa shape index (κ1) is 33.7. The number of phenolic OH excluding ortho intramolecular Hbond substituents is 1. The fourth-order valence-corrected chi connectivity index (χ4v) is 7.15. The van der Waals surface area contributed by atoms with E-state index < -0.39 is 42.3 Å². The molecule has 0 aromatic heterocycles. The second-order valence-electron chi connectivity index (χ2n) is 13.1. The molecule has 250 valence electrons. The fourth-order valence-electron chi connectivity index (χ4n) is 7.15. The Morgan fingerprint density at radius 1 is 1.13 bits per heavy atom. The molecular formula is C36H48N2O8. The summed E-state index contributed by atoms with van der Waals surface area (Å²) in [4.78, 5) is 40.8. The van der Waals surface area contributed by atoms with Crippen molar-refractivity contribution in [2.24, 2.45) is 11.8 Å². The summed E-state index contributed by atoms with van der Waals surface area (Å²) in [7, 11) is 1.58. The first-order valence-corrected chi connectivity index (χ1v) is 16.6. The van der Waals surface area contributed by atoms with Gasteiger partial charge in [0.05, 0.1) is 24.3 Å². The zero-order chi connectivity index (χ0) is 33.0. The summed E-state index contributed by atoms with van der Waals surface area (Å²) >= 11 is 0. The maximum atomic E-state index is 13.2. The molecule has 2 bridgehead atoms. The zero-order valence-corrected chi connectivity index (χ0v) is 27.3. The van der Waals surface area contributed by atoms with Gasteiger partial charge in [-0.25, -0.2) is 4.79 Å². The molecule has 2 fully saturated rings. The number of rotatable bonds is 5. The molecule has 5 rings (SSSR count). The third-order valence-electron chi connectivity index (χ3n) is 9.91. The summed E-state index contributed by atoms with van der Waals surface area (Å²) in [5.41, 5.74) is 2.02. The van der Waals surface area contributed by atoms with Gasteiger partial charge in [-0.3, -0.25) is 14.5 Å². The van der Waals surface area contributed by atoms with Gasteiger partial charge in [0.15, 0.2) is 0 Å². The number of fused-ring (bicyclic) bond motifs is 4. The molecule has 10 nitrogen and oxygen atoms in total. The monoisotopic (exact) mass is 636 g/mol. The number of aliphatic hydroxyl groups is 1. The quantitative estimate of drug-likeness (QED) is 0.314. The van der Waals surface area contributed by atoms with Gasteiger partial charge in [0, 0.05) is 37.0 Å². The van der Waals surface area contributed by atoms with Crippen LogP contribution in [0, 0.1) is 11.8 Å². The molecule has 1 saturated carbocycles. The summed E-state index contributed by atoms with van der Waals surface area (Å²) in [6.45, 7) is 5.34. The highest BCUT2D eigenvalue weighted by Crippen LogP contribution is 2.46. The van der Waals surface area contributed by atoms with Gasteiger partial charge < -0.3 is 29.7 Å². The maximum absolute atomic E-state index is 13.2. The molecule has 1 saturated heterocycles. The standard InChI is InChI=1S/C36H48N2O8/c1-21-12-11-15-25-18-26(39)19-27-34(25)45-29(32-30(44-4)20-31(40)38(27)32)17-10-6-9-16-28(22(2)33(21)41)46-36(43)23(3)37-35(42)24-13-7-5-8-14-24/h6,9-10,12,17-19,22-24,28-30,32-33,39,41H,5,7-8,11,13-16,20H2,1-4H3,(H,37,42). The number of carbonyl (C=O) groups excluding carboxylic acids is 3. The molecule has 2 amide bonds. The van der Waals surface area contributed by atoms with E-state index in [0.717, 1.165) is 43.2 Å². The van der Waals surface area contributed by atoms with Crippen LogP contribution in [0.25, 0.3) is 0 Å². The van der Waals surface area contributed by atoms with E-state index in [1.807, 2.05) is 44.2 Å². The lowest BCUT2D eigenvalue weighted by Gasteiger charge is -2.39. The number of allylic oxidation sites excluding steroid dienone is 3. The number of amides is 2. The number of aliphatic hydroxyl groups excluding tert-OH is 1. The number of benzene rings is 1. The van der Waals surface area contributed by atoms with Crippen molar-refractivity contribution in [3.05, 3.63) is 53.6 Å². The van der Waals surface area contributed by atoms with E-state index in [1.54, 1.807) is 31.1 Å². The number of esters is 1. The Balaban J connectivity index is 1.38. The summed E-state index contributed by atoms with van der Waals surface area (Å²) in [6.07, 6.45) is 13.4. The highest BCUT2D eigenvalue weighted by molar-refractivity contribution is 5.99. The van der Waals surface area contributed by atoms with Crippen LogP contribution >= 0.6 is 0 Å². The van der Waals surface area contributed by atoms with Gasteiger partial charge in [-0.15, -0.1) is 0 Å². The Bertz CT molecular complexity index is 1380. The predicted octanol–water partition coefficient (Wildman–Crippen LogP) is 4.66. The van der Waals surface area contributed by atoms with Crippen LogP contribution in [-0.2, 0) is 30.3 Å². The van der Waals surface area contributed by atoms with Gasteiger partial charge in [-0.05, 0) is 57.2 Å². The number of nitrogens with zero attached hydrogens (tertiary/aromatic N) is 1. The number of anilines is 1. The molecular weight excluding hydrogens is 588 g/mol. The van der Waals surface area contributed by atoms with Gasteiger partial charge in [0.2, 0.25) is 11.8 Å². The molecule has 4 aliphatic rings. The van der Waals surface area contributed by atoms with Crippen LogP contribution in [0.2, 0.25) is 0 Å². The third-order valence-corrected chi connectivity index (χ3v) is 9.91. The number of aryl methyl sites for hydroxylation is 1. The molecule has 1 aromatic rings. The number of nitrogens with one attached hydrogen (secondary N) is 1. The summed E-state index contributed by atoms with van der Waals surface area (Å²) < 4.78 is 18.2. The van der Waals surface area contributed by atoms with Crippen molar-refractivity contribution in [3.8, 4) is 11.5 Å². The summed E-state index contributed by atoms with van der Waals surface area (Å²) in [5.74, 6) is -0.638. The van der Waals surface area contributed by atoms with Crippen LogP contribution in [0.5, 0.6) is 11.5 Å². The van der Waals surface area contributed by atoms with E-state index in [9.17, 15) is 24.6 Å². The normalized spacial score (nSPS) is 29.4. The SMILES string of the molecule is COC1CC(=O)N2c3cc(O)cc4c3OC(C=CC=CCC(OC(=O)C(C)NC(=O)C3CCCCC3)C(C)C(O)C(C)=CCC4)C12. The Morgan fingerprint density at radius 2 is 1.89 bits per heavy atom. The molecule has 10 heteroatoms. The van der Waals surface area contributed by atoms with Crippen molar-refractivity contribution in [3.63, 3.8) is 0 Å². The Kier molecular flexibility index (Phi) is 10.9. The van der Waals surface area contributed by atoms with Gasteiger partial charge in [-0.1, -0.05) is 50.5 Å². The average molecular weight is 637 g/mol. The molecule has 0 radical (unpaired) electrons. The number of hydrogen-bond donors (Lipinski definition) is 3. The van der Waals surface area contributed by atoms with Crippen LogP contribution in [-0.4, -0.2) is 71.6 Å². The van der Waals surface area contributed by atoms with Crippen molar-refractivity contribution in [1.82, 2.24) is 5.32 Å². The van der Waals surface area contributed by atoms with Gasteiger partial charge in [0.1, 0.15) is 35.8 Å². The Labute approximate surface area is 271 Å². The second kappa shape index (κ2) is 14.9. The smallest absolute Gasteiger partial charge is 0.328 e. The molecule has 1 aliphatic carbocycles. The molecule has 0 spiro atoms. The van der Waals surface area contributed by atoms with Crippen molar-refractivity contribution >= 4 is 23.5 Å². The largest absolute Gasteiger partial charge is 0.508 e. The fraction of sp³-hybridized carbons (Fsp3) is 0.583. The molecule has 3 N–H and O–H groups in total. The molecule has 1 aromatic carbocycles. The van der Waals surface area contributed by atoms with E-state index in [2.05, 4.69) is 5.32 Å². The Hall–Kier alpha value is -3.63. The van der Waals surface area contributed by atoms with Gasteiger partial charge >= 0.3 is 5.97 Å². The lowest BCUT2D eigenvalue weighted by atomic mass is 9.88. The third kappa shape index (κ3) is 7.33. The van der Waals surface area contributed by atoms with Crippen molar-refractivity contribution in [2.45, 2.75) is 115 Å². The van der Waals surface area contributed by atoms with Crippen molar-refractivity contribution < 1.29 is 38.8 Å². The number of aromatic hydroxyl groups is 1. The molecule has 3 heterocycles. The molecule has 46 heavy (non-hydrogen) atoms. The number of ether oxygens (including phenoxy) is 3. The minimum Gasteiger partial charge on any atom is -0.508 e. The number of carbonyl (C=O) groups is 3. The summed E-state index contributed by atoms with van der Waals surface area (Å²) in [6, 6.07) is 2.01. The predicted molar refractivity (Wildman–Crippen MR) is 173 cm³/mol. The first-order valence-electron chi connectivity index (χ1n) is 16.6. The number of methoxy groups -OCH3 is 1. The molecule has 7 atom stereocenters. The minimum atomic E-state index is -0.880. The lowest BCUT2D eigenvalue weighted by Crippen LogP contribution is -2.51. The highest BCUT2D eigenvalue weighted by atomic mass is 16.5. The van der Waals surface area contributed by atoms with E-state index in [0.29, 0.717) is 30.7 Å². The first-order chi connectivity index (χ1) is 22.1. The van der Waals surface area contributed by atoms with Gasteiger partial charge in [-0.2, -0.15) is 0 Å². The van der Waals surface area contributed by atoms with Crippen LogP contribution in [0.4, 0.5) is 5.69 Å². The van der Waals surface area contributed by atoms with E-state index in [1.165, 1.54) is 0 Å². The van der Waals surface area contributed by atoms with Gasteiger partial charge in [0.25, 0.3) is 0 Å². The highest BCUT2D eigenvalue weighted by Gasteiger charge is 2.49. The van der Waals surface area contributed by atoms with E-state index in [-0.39, 0.29) is 36.0 Å². The van der Waals surface area contributed by atoms with Crippen LogP contribution < -0.4 is 15.0 Å². The zero-order valence-electron chi connectivity index (χ0n) is 27.3. The molecule has 3 aliphatic heterocycles. The number of hydrogen-bond acceptors (Lipinski definition) is 8. The minimum absolute atomic E-state index is 0.0410. The van der Waals surface area contributed by atoms with E-state index >= 15 is 0 Å². The Morgan fingerprint density at radius 3 is 2.63 bits per heavy atom. The van der Waals surface area contributed by atoms with Crippen molar-refractivity contribution in [2.75, 3.05) is 12.0 Å². The lowest BCUT2D eigenvalue weighted by molar-refractivity contribution is -0.156. The maximum Gasteiger partial charge on any atom is 0.328 e. The van der Waals surface area contributed by atoms with Crippen LogP contribution in [0.1, 0.15) is 77.7 Å². The number of phenols is 1.